The lowest BCUT2D eigenvalue weighted by Gasteiger charge is -2.05. The van der Waals surface area contributed by atoms with Gasteiger partial charge in [-0.3, -0.25) is 10.1 Å². The molecule has 0 aliphatic carbocycles. The molecule has 0 spiro atoms. The van der Waals surface area contributed by atoms with Crippen molar-refractivity contribution in [1.29, 1.82) is 5.26 Å². The van der Waals surface area contributed by atoms with Gasteiger partial charge in [0.15, 0.2) is 0 Å². The molecule has 0 aliphatic rings. The minimum atomic E-state index is -0.547. The van der Waals surface area contributed by atoms with Crippen molar-refractivity contribution in [3.8, 4) is 11.8 Å². The Morgan fingerprint density at radius 1 is 1.62 bits per heavy atom. The molecular formula is C11H10N2O3. The summed E-state index contributed by atoms with van der Waals surface area (Å²) in [5.74, 6) is 0.356. The molecule has 0 amide bonds. The van der Waals surface area contributed by atoms with Crippen LogP contribution in [0.5, 0.6) is 5.75 Å². The van der Waals surface area contributed by atoms with Gasteiger partial charge in [0.05, 0.1) is 11.5 Å². The average molecular weight is 218 g/mol. The second-order valence-electron chi connectivity index (χ2n) is 2.98. The highest BCUT2D eigenvalue weighted by Crippen LogP contribution is 2.23. The van der Waals surface area contributed by atoms with Gasteiger partial charge in [-0.1, -0.05) is 6.08 Å². The van der Waals surface area contributed by atoms with E-state index in [4.69, 9.17) is 10.00 Å². The molecule has 5 nitrogen and oxygen atoms in total. The highest BCUT2D eigenvalue weighted by Gasteiger charge is 2.10. The van der Waals surface area contributed by atoms with Gasteiger partial charge in [0.2, 0.25) is 0 Å². The zero-order chi connectivity index (χ0) is 12.0. The van der Waals surface area contributed by atoms with Crippen LogP contribution in [0, 0.1) is 21.4 Å². The molecule has 1 aromatic carbocycles. The predicted molar refractivity (Wildman–Crippen MR) is 58.1 cm³/mol. The Balaban J connectivity index is 2.90. The lowest BCUT2D eigenvalue weighted by molar-refractivity contribution is -0.384. The lowest BCUT2D eigenvalue weighted by Crippen LogP contribution is -1.98. The first-order valence-electron chi connectivity index (χ1n) is 4.61. The Hall–Kier alpha value is -2.35. The van der Waals surface area contributed by atoms with E-state index in [2.05, 4.69) is 6.58 Å². The van der Waals surface area contributed by atoms with Crippen molar-refractivity contribution < 1.29 is 9.66 Å². The molecule has 0 atom stereocenters. The van der Waals surface area contributed by atoms with E-state index in [0.29, 0.717) is 18.8 Å². The van der Waals surface area contributed by atoms with Crippen LogP contribution in [-0.4, -0.2) is 11.5 Å². The van der Waals surface area contributed by atoms with E-state index in [1.165, 1.54) is 18.2 Å². The van der Waals surface area contributed by atoms with E-state index in [1.54, 1.807) is 6.08 Å². The molecule has 5 heteroatoms. The third kappa shape index (κ3) is 2.82. The fourth-order valence-electron chi connectivity index (χ4n) is 1.10. The molecule has 0 bridgehead atoms. The van der Waals surface area contributed by atoms with Crippen molar-refractivity contribution in [2.75, 3.05) is 6.61 Å². The summed E-state index contributed by atoms with van der Waals surface area (Å²) in [6.45, 7) is 3.94. The molecule has 0 radical (unpaired) electrons. The summed E-state index contributed by atoms with van der Waals surface area (Å²) in [6.07, 6.45) is 2.35. The van der Waals surface area contributed by atoms with Gasteiger partial charge in [0, 0.05) is 12.1 Å². The first kappa shape index (κ1) is 11.7. The van der Waals surface area contributed by atoms with Crippen LogP contribution < -0.4 is 4.74 Å². The standard InChI is InChI=1S/C11H10N2O3/c1-2-3-6-16-11-5-4-10(13(14)15)7-9(11)8-12/h2,4-5,7H,1,3,6H2. The Morgan fingerprint density at radius 2 is 2.38 bits per heavy atom. The van der Waals surface area contributed by atoms with Crippen LogP contribution in [0.15, 0.2) is 30.9 Å². The third-order valence-corrected chi connectivity index (χ3v) is 1.87. The molecular weight excluding hydrogens is 208 g/mol. The highest BCUT2D eigenvalue weighted by molar-refractivity contribution is 5.50. The van der Waals surface area contributed by atoms with Gasteiger partial charge in [-0.25, -0.2) is 0 Å². The molecule has 0 fully saturated rings. The number of ether oxygens (including phenoxy) is 1. The van der Waals surface area contributed by atoms with Crippen LogP contribution in [0.4, 0.5) is 5.69 Å². The first-order chi connectivity index (χ1) is 7.69. The second-order valence-corrected chi connectivity index (χ2v) is 2.98. The molecule has 16 heavy (non-hydrogen) atoms. The van der Waals surface area contributed by atoms with Crippen LogP contribution in [-0.2, 0) is 0 Å². The predicted octanol–water partition coefficient (Wildman–Crippen LogP) is 2.42. The minimum Gasteiger partial charge on any atom is -0.492 e. The van der Waals surface area contributed by atoms with Gasteiger partial charge in [-0.05, 0) is 12.5 Å². The summed E-state index contributed by atoms with van der Waals surface area (Å²) in [5, 5.41) is 19.3. The van der Waals surface area contributed by atoms with E-state index >= 15 is 0 Å². The molecule has 0 aromatic heterocycles. The van der Waals surface area contributed by atoms with E-state index in [9.17, 15) is 10.1 Å². The fourth-order valence-corrected chi connectivity index (χ4v) is 1.10. The number of hydrogen-bond acceptors (Lipinski definition) is 4. The van der Waals surface area contributed by atoms with Crippen LogP contribution in [0.1, 0.15) is 12.0 Å². The van der Waals surface area contributed by atoms with E-state index in [0.717, 1.165) is 0 Å². The largest absolute Gasteiger partial charge is 0.492 e. The summed E-state index contributed by atoms with van der Waals surface area (Å²) in [6, 6.07) is 5.80. The lowest BCUT2D eigenvalue weighted by atomic mass is 10.2. The molecule has 0 saturated carbocycles. The maximum atomic E-state index is 10.5. The van der Waals surface area contributed by atoms with E-state index in [1.807, 2.05) is 6.07 Å². The van der Waals surface area contributed by atoms with E-state index < -0.39 is 4.92 Å². The third-order valence-electron chi connectivity index (χ3n) is 1.87. The molecule has 0 N–H and O–H groups in total. The maximum absolute atomic E-state index is 10.5. The van der Waals surface area contributed by atoms with Crippen LogP contribution in [0.25, 0.3) is 0 Å². The number of nitrogens with zero attached hydrogens (tertiary/aromatic N) is 2. The zero-order valence-electron chi connectivity index (χ0n) is 8.55. The summed E-state index contributed by atoms with van der Waals surface area (Å²) in [5.41, 5.74) is 0.0471. The summed E-state index contributed by atoms with van der Waals surface area (Å²) < 4.78 is 5.29. The summed E-state index contributed by atoms with van der Waals surface area (Å²) in [4.78, 5) is 9.94. The molecule has 0 heterocycles. The number of non-ortho nitro benzene ring substituents is 1. The quantitative estimate of drug-likeness (QED) is 0.329. The monoisotopic (exact) mass is 218 g/mol. The Kier molecular flexibility index (Phi) is 4.04. The van der Waals surface area contributed by atoms with Crippen LogP contribution >= 0.6 is 0 Å². The van der Waals surface area contributed by atoms with Gasteiger partial charge in [-0.2, -0.15) is 5.26 Å². The Labute approximate surface area is 92.7 Å². The van der Waals surface area contributed by atoms with Crippen molar-refractivity contribution >= 4 is 5.69 Å². The Morgan fingerprint density at radius 3 is 2.94 bits per heavy atom. The van der Waals surface area contributed by atoms with Crippen molar-refractivity contribution in [2.24, 2.45) is 0 Å². The van der Waals surface area contributed by atoms with Crippen LogP contribution in [0.3, 0.4) is 0 Å². The molecule has 0 saturated heterocycles. The van der Waals surface area contributed by atoms with Gasteiger partial charge in [-0.15, -0.1) is 6.58 Å². The zero-order valence-corrected chi connectivity index (χ0v) is 8.55. The van der Waals surface area contributed by atoms with Gasteiger partial charge >= 0.3 is 0 Å². The summed E-state index contributed by atoms with van der Waals surface area (Å²) in [7, 11) is 0. The summed E-state index contributed by atoms with van der Waals surface area (Å²) >= 11 is 0. The SMILES string of the molecule is C=CCCOc1ccc([N+](=O)[O-])cc1C#N. The van der Waals surface area contributed by atoms with Crippen molar-refractivity contribution in [3.05, 3.63) is 46.5 Å². The average Bonchev–Trinajstić information content (AvgIpc) is 2.29. The van der Waals surface area contributed by atoms with Crippen molar-refractivity contribution in [3.63, 3.8) is 0 Å². The second kappa shape index (κ2) is 5.51. The normalized spacial score (nSPS) is 9.19. The number of hydrogen-bond donors (Lipinski definition) is 0. The Bertz CT molecular complexity index is 449. The van der Waals surface area contributed by atoms with Gasteiger partial charge in [0.1, 0.15) is 17.4 Å². The maximum Gasteiger partial charge on any atom is 0.271 e. The van der Waals surface area contributed by atoms with Crippen molar-refractivity contribution in [1.82, 2.24) is 0 Å². The topological polar surface area (TPSA) is 76.2 Å². The molecule has 0 unspecified atom stereocenters. The highest BCUT2D eigenvalue weighted by atomic mass is 16.6. The molecule has 82 valence electrons. The smallest absolute Gasteiger partial charge is 0.271 e. The van der Waals surface area contributed by atoms with Crippen molar-refractivity contribution in [2.45, 2.75) is 6.42 Å². The van der Waals surface area contributed by atoms with Gasteiger partial charge in [0.25, 0.3) is 5.69 Å². The number of nitriles is 1. The van der Waals surface area contributed by atoms with Gasteiger partial charge < -0.3 is 4.74 Å². The molecule has 0 aliphatic heterocycles. The van der Waals surface area contributed by atoms with E-state index in [-0.39, 0.29) is 11.3 Å². The number of nitro groups is 1. The molecule has 1 rings (SSSR count). The number of benzene rings is 1. The van der Waals surface area contributed by atoms with Crippen LogP contribution in [0.2, 0.25) is 0 Å². The fraction of sp³-hybridized carbons (Fsp3) is 0.182. The number of nitro benzene ring substituents is 1. The number of rotatable bonds is 5. The minimum absolute atomic E-state index is 0.118. The molecule has 1 aromatic rings. The first-order valence-corrected chi connectivity index (χ1v) is 4.61.